The van der Waals surface area contributed by atoms with E-state index in [-0.39, 0.29) is 5.12 Å². The summed E-state index contributed by atoms with van der Waals surface area (Å²) in [5.74, 6) is 6.57. The third-order valence-corrected chi connectivity index (χ3v) is 2.49. The molecule has 1 aromatic heterocycles. The summed E-state index contributed by atoms with van der Waals surface area (Å²) < 4.78 is 0. The molecule has 0 radical (unpaired) electrons. The van der Waals surface area contributed by atoms with Gasteiger partial charge < -0.3 is 0 Å². The lowest BCUT2D eigenvalue weighted by Crippen LogP contribution is -1.86. The van der Waals surface area contributed by atoms with Gasteiger partial charge in [0.05, 0.1) is 0 Å². The van der Waals surface area contributed by atoms with Crippen molar-refractivity contribution in [3.8, 4) is 11.8 Å². The minimum atomic E-state index is 0.110. The Kier molecular flexibility index (Phi) is 5.30. The lowest BCUT2D eigenvalue weighted by molar-refractivity contribution is -0.109. The van der Waals surface area contributed by atoms with Gasteiger partial charge >= 0.3 is 0 Å². The van der Waals surface area contributed by atoms with E-state index >= 15 is 0 Å². The number of rotatable bonds is 3. The summed E-state index contributed by atoms with van der Waals surface area (Å²) in [6.07, 6.45) is 2.93. The van der Waals surface area contributed by atoms with E-state index in [2.05, 4.69) is 16.8 Å². The zero-order valence-corrected chi connectivity index (χ0v) is 9.71. The maximum Gasteiger partial charge on any atom is 0.185 e. The van der Waals surface area contributed by atoms with E-state index in [9.17, 15) is 9.59 Å². The summed E-state index contributed by atoms with van der Waals surface area (Å²) in [5, 5.41) is 0.110. The van der Waals surface area contributed by atoms with Crippen LogP contribution in [0.15, 0.2) is 18.3 Å². The molecule has 0 spiro atoms. The number of carbonyl (C=O) groups excluding carboxylic acids is 2. The number of thioether (sulfide) groups is 1. The van der Waals surface area contributed by atoms with Crippen LogP contribution in [0.3, 0.4) is 0 Å². The molecule has 82 valence electrons. The number of nitrogens with zero attached hydrogens (tertiary/aromatic N) is 1. The van der Waals surface area contributed by atoms with E-state index in [1.165, 1.54) is 11.8 Å². The maximum atomic E-state index is 10.6. The van der Waals surface area contributed by atoms with E-state index < -0.39 is 0 Å². The molecule has 0 bridgehead atoms. The van der Waals surface area contributed by atoms with Crippen LogP contribution in [0.4, 0.5) is 0 Å². The van der Waals surface area contributed by atoms with E-state index in [0.29, 0.717) is 24.2 Å². The molecule has 4 heteroatoms. The SMILES string of the molecule is CC(=O)SCCC#Cc1ccc(C=O)nc1. The van der Waals surface area contributed by atoms with Crippen LogP contribution >= 0.6 is 11.8 Å². The van der Waals surface area contributed by atoms with Crippen LogP contribution < -0.4 is 0 Å². The van der Waals surface area contributed by atoms with Crippen LogP contribution in [-0.4, -0.2) is 22.1 Å². The zero-order valence-electron chi connectivity index (χ0n) is 8.90. The fourth-order valence-electron chi connectivity index (χ4n) is 0.959. The molecule has 0 aliphatic rings. The van der Waals surface area contributed by atoms with Crippen LogP contribution in [0.25, 0.3) is 0 Å². The third kappa shape index (κ3) is 4.76. The molecule has 0 N–H and O–H groups in total. The van der Waals surface area contributed by atoms with E-state index in [0.717, 1.165) is 5.56 Å². The summed E-state index contributed by atoms with van der Waals surface area (Å²) >= 11 is 1.27. The highest BCUT2D eigenvalue weighted by Gasteiger charge is 1.92. The summed E-state index contributed by atoms with van der Waals surface area (Å²) in [5.41, 5.74) is 1.18. The smallest absolute Gasteiger partial charge is 0.185 e. The Labute approximate surface area is 98.7 Å². The minimum Gasteiger partial charge on any atom is -0.296 e. The van der Waals surface area contributed by atoms with Crippen molar-refractivity contribution >= 4 is 23.2 Å². The molecule has 0 aliphatic carbocycles. The standard InChI is InChI=1S/C12H11NO2S/c1-10(15)16-7-3-2-4-11-5-6-12(9-14)13-8-11/h5-6,8-9H,3,7H2,1H3. The minimum absolute atomic E-state index is 0.110. The van der Waals surface area contributed by atoms with E-state index in [1.54, 1.807) is 25.3 Å². The molecule has 16 heavy (non-hydrogen) atoms. The molecule has 0 atom stereocenters. The van der Waals surface area contributed by atoms with Crippen molar-refractivity contribution in [3.63, 3.8) is 0 Å². The fraction of sp³-hybridized carbons (Fsp3) is 0.250. The highest BCUT2D eigenvalue weighted by atomic mass is 32.2. The third-order valence-electron chi connectivity index (χ3n) is 1.67. The topological polar surface area (TPSA) is 47.0 Å². The van der Waals surface area contributed by atoms with Crippen molar-refractivity contribution in [1.29, 1.82) is 0 Å². The molecule has 1 aromatic rings. The van der Waals surface area contributed by atoms with Gasteiger partial charge in [0.15, 0.2) is 11.4 Å². The molecule has 0 fully saturated rings. The van der Waals surface area contributed by atoms with Crippen molar-refractivity contribution < 1.29 is 9.59 Å². The van der Waals surface area contributed by atoms with Crippen LogP contribution in [0.1, 0.15) is 29.4 Å². The van der Waals surface area contributed by atoms with Gasteiger partial charge in [-0.1, -0.05) is 23.6 Å². The molecule has 0 unspecified atom stereocenters. The van der Waals surface area contributed by atoms with Crippen molar-refractivity contribution in [2.45, 2.75) is 13.3 Å². The number of aldehydes is 1. The predicted octanol–water partition coefficient (Wildman–Crippen LogP) is 1.92. The molecule has 1 rings (SSSR count). The second-order valence-corrected chi connectivity index (χ2v) is 4.25. The number of hydrogen-bond acceptors (Lipinski definition) is 4. The van der Waals surface area contributed by atoms with Gasteiger partial charge in [0.25, 0.3) is 0 Å². The van der Waals surface area contributed by atoms with Gasteiger partial charge in [-0.05, 0) is 12.1 Å². The van der Waals surface area contributed by atoms with Crippen LogP contribution in [0.2, 0.25) is 0 Å². The molecule has 3 nitrogen and oxygen atoms in total. The number of hydrogen-bond donors (Lipinski definition) is 0. The maximum absolute atomic E-state index is 10.6. The Morgan fingerprint density at radius 3 is 2.94 bits per heavy atom. The fourth-order valence-corrected chi connectivity index (χ4v) is 1.45. The van der Waals surface area contributed by atoms with E-state index in [1.807, 2.05) is 0 Å². The Bertz CT molecular complexity index is 429. The second kappa shape index (κ2) is 6.81. The molecular formula is C12H11NO2S. The molecule has 0 saturated heterocycles. The highest BCUT2D eigenvalue weighted by Crippen LogP contribution is 2.02. The molecule has 1 heterocycles. The summed E-state index contributed by atoms with van der Waals surface area (Å²) in [7, 11) is 0. The number of aromatic nitrogens is 1. The van der Waals surface area contributed by atoms with Crippen molar-refractivity contribution in [1.82, 2.24) is 4.98 Å². The van der Waals surface area contributed by atoms with Gasteiger partial charge in [0, 0.05) is 30.9 Å². The normalized spacial score (nSPS) is 9.06. The first-order valence-corrected chi connectivity index (χ1v) is 5.74. The Hall–Kier alpha value is -1.60. The first-order valence-electron chi connectivity index (χ1n) is 4.76. The first kappa shape index (κ1) is 12.5. The predicted molar refractivity (Wildman–Crippen MR) is 64.3 cm³/mol. The molecule has 0 aromatic carbocycles. The quantitative estimate of drug-likeness (QED) is 0.454. The lowest BCUT2D eigenvalue weighted by atomic mass is 10.2. The number of carbonyl (C=O) groups is 2. The van der Waals surface area contributed by atoms with Crippen molar-refractivity contribution in [3.05, 3.63) is 29.6 Å². The first-order chi connectivity index (χ1) is 7.72. The monoisotopic (exact) mass is 233 g/mol. The van der Waals surface area contributed by atoms with Crippen LogP contribution in [-0.2, 0) is 4.79 Å². The Morgan fingerprint density at radius 1 is 1.56 bits per heavy atom. The van der Waals surface area contributed by atoms with E-state index in [4.69, 9.17) is 0 Å². The van der Waals surface area contributed by atoms with Gasteiger partial charge in [-0.25, -0.2) is 0 Å². The lowest BCUT2D eigenvalue weighted by Gasteiger charge is -1.91. The summed E-state index contributed by atoms with van der Waals surface area (Å²) in [6, 6.07) is 3.38. The van der Waals surface area contributed by atoms with Gasteiger partial charge in [0.1, 0.15) is 5.69 Å². The summed E-state index contributed by atoms with van der Waals surface area (Å²) in [6.45, 7) is 1.54. The highest BCUT2D eigenvalue weighted by molar-refractivity contribution is 8.13. The molecule has 0 aliphatic heterocycles. The van der Waals surface area contributed by atoms with Crippen molar-refractivity contribution in [2.75, 3.05) is 5.75 Å². The van der Waals surface area contributed by atoms with Gasteiger partial charge in [-0.2, -0.15) is 0 Å². The van der Waals surface area contributed by atoms with Crippen molar-refractivity contribution in [2.24, 2.45) is 0 Å². The second-order valence-electron chi connectivity index (χ2n) is 2.98. The molecular weight excluding hydrogens is 222 g/mol. The summed E-state index contributed by atoms with van der Waals surface area (Å²) in [4.78, 5) is 24.9. The van der Waals surface area contributed by atoms with Gasteiger partial charge in [0.2, 0.25) is 0 Å². The Balaban J connectivity index is 2.43. The number of pyridine rings is 1. The van der Waals surface area contributed by atoms with Gasteiger partial charge in [-0.3, -0.25) is 14.6 Å². The molecule has 0 amide bonds. The van der Waals surface area contributed by atoms with Crippen LogP contribution in [0.5, 0.6) is 0 Å². The van der Waals surface area contributed by atoms with Gasteiger partial charge in [-0.15, -0.1) is 0 Å². The largest absolute Gasteiger partial charge is 0.296 e. The molecule has 0 saturated carbocycles. The average Bonchev–Trinajstić information content (AvgIpc) is 2.29. The Morgan fingerprint density at radius 2 is 2.38 bits per heavy atom. The zero-order chi connectivity index (χ0) is 11.8. The average molecular weight is 233 g/mol. The van der Waals surface area contributed by atoms with Crippen LogP contribution in [0, 0.1) is 11.8 Å².